The zero-order valence-corrected chi connectivity index (χ0v) is 10.6. The molecule has 0 saturated heterocycles. The number of aromatic nitrogens is 1. The molecule has 0 radical (unpaired) electrons. The van der Waals surface area contributed by atoms with Crippen molar-refractivity contribution in [2.75, 3.05) is 0 Å². The molecule has 1 fully saturated rings. The van der Waals surface area contributed by atoms with Gasteiger partial charge in [0.2, 0.25) is 0 Å². The smallest absolute Gasteiger partial charge is 0.345 e. The van der Waals surface area contributed by atoms with Crippen LogP contribution in [0.15, 0.2) is 4.52 Å². The molecule has 0 bridgehead atoms. The van der Waals surface area contributed by atoms with E-state index in [1.165, 1.54) is 0 Å². The largest absolute Gasteiger partial charge is 0.445 e. The number of hydrogen-bond donors (Lipinski definition) is 1. The molecule has 7 nitrogen and oxygen atoms in total. The summed E-state index contributed by atoms with van der Waals surface area (Å²) in [5, 5.41) is 12.6. The van der Waals surface area contributed by atoms with Crippen molar-refractivity contribution in [2.24, 2.45) is 5.73 Å². The monoisotopic (exact) mass is 263 g/mol. The summed E-state index contributed by atoms with van der Waals surface area (Å²) in [7, 11) is 0. The summed E-state index contributed by atoms with van der Waals surface area (Å²) < 4.78 is 9.92. The van der Waals surface area contributed by atoms with Crippen LogP contribution in [0.5, 0.6) is 0 Å². The van der Waals surface area contributed by atoms with Gasteiger partial charge in [0, 0.05) is 12.8 Å². The van der Waals surface area contributed by atoms with Gasteiger partial charge in [-0.1, -0.05) is 19.0 Å². The molecule has 1 aromatic rings. The van der Waals surface area contributed by atoms with Crippen LogP contribution >= 0.6 is 0 Å². The number of esters is 1. The highest BCUT2D eigenvalue weighted by atomic mass is 16.6. The minimum Gasteiger partial charge on any atom is -0.445 e. The second kappa shape index (κ2) is 4.39. The maximum absolute atomic E-state index is 12.1. The molecule has 2 N–H and O–H groups in total. The van der Waals surface area contributed by atoms with Crippen molar-refractivity contribution in [1.82, 2.24) is 5.16 Å². The molecule has 1 amide bonds. The van der Waals surface area contributed by atoms with Crippen LogP contribution < -0.4 is 5.73 Å². The van der Waals surface area contributed by atoms with Gasteiger partial charge in [-0.15, -0.1) is 0 Å². The van der Waals surface area contributed by atoms with E-state index in [4.69, 9.17) is 20.3 Å². The molecule has 0 aromatic carbocycles. The average Bonchev–Trinajstić information content (AvgIpc) is 2.99. The molecular weight excluding hydrogens is 250 g/mol. The summed E-state index contributed by atoms with van der Waals surface area (Å²) >= 11 is 0. The van der Waals surface area contributed by atoms with Crippen molar-refractivity contribution in [3.8, 4) is 6.07 Å². The molecule has 1 aliphatic carbocycles. The van der Waals surface area contributed by atoms with Gasteiger partial charge in [-0.25, -0.2) is 4.79 Å². The fraction of sp³-hybridized carbons (Fsp3) is 0.500. The highest BCUT2D eigenvalue weighted by Crippen LogP contribution is 2.40. The number of hydrogen-bond acceptors (Lipinski definition) is 6. The van der Waals surface area contributed by atoms with Crippen molar-refractivity contribution in [1.29, 1.82) is 5.26 Å². The Kier molecular flexibility index (Phi) is 3.02. The van der Waals surface area contributed by atoms with Gasteiger partial charge in [0.05, 0.1) is 0 Å². The normalized spacial score (nSPS) is 15.9. The molecule has 7 heteroatoms. The van der Waals surface area contributed by atoms with Gasteiger partial charge in [-0.2, -0.15) is 5.26 Å². The molecule has 1 heterocycles. The zero-order chi connectivity index (χ0) is 14.2. The molecule has 0 aliphatic heterocycles. The summed E-state index contributed by atoms with van der Waals surface area (Å²) in [5.74, 6) is -1.80. The summed E-state index contributed by atoms with van der Waals surface area (Å²) in [6.45, 7) is 3.60. The Bertz CT molecular complexity index is 578. The van der Waals surface area contributed by atoms with Crippen LogP contribution in [0.4, 0.5) is 0 Å². The van der Waals surface area contributed by atoms with E-state index in [0.29, 0.717) is 18.5 Å². The van der Waals surface area contributed by atoms with Crippen LogP contribution in [-0.4, -0.2) is 22.6 Å². The molecule has 0 unspecified atom stereocenters. The lowest BCUT2D eigenvalue weighted by molar-refractivity contribution is -0.128. The predicted molar refractivity (Wildman–Crippen MR) is 61.9 cm³/mol. The number of primary amides is 1. The molecule has 1 aliphatic rings. The van der Waals surface area contributed by atoms with Gasteiger partial charge in [0.25, 0.3) is 11.7 Å². The van der Waals surface area contributed by atoms with Gasteiger partial charge in [-0.05, 0) is 5.92 Å². The van der Waals surface area contributed by atoms with Gasteiger partial charge >= 0.3 is 5.97 Å². The van der Waals surface area contributed by atoms with E-state index in [-0.39, 0.29) is 17.2 Å². The van der Waals surface area contributed by atoms with Crippen molar-refractivity contribution < 1.29 is 18.8 Å². The Morgan fingerprint density at radius 2 is 2.16 bits per heavy atom. The molecule has 1 saturated carbocycles. The maximum Gasteiger partial charge on any atom is 0.345 e. The number of amides is 1. The maximum atomic E-state index is 12.1. The number of nitrogens with two attached hydrogens (primary N) is 1. The van der Waals surface area contributed by atoms with Crippen LogP contribution in [0.1, 0.15) is 54.4 Å². The lowest BCUT2D eigenvalue weighted by Crippen LogP contribution is -2.35. The highest BCUT2D eigenvalue weighted by molar-refractivity contribution is 5.97. The molecule has 0 spiro atoms. The van der Waals surface area contributed by atoms with Crippen molar-refractivity contribution in [3.63, 3.8) is 0 Å². The Balaban J connectivity index is 2.31. The van der Waals surface area contributed by atoms with Crippen molar-refractivity contribution >= 4 is 11.9 Å². The Morgan fingerprint density at radius 3 is 2.58 bits per heavy atom. The molecule has 2 rings (SSSR count). The zero-order valence-electron chi connectivity index (χ0n) is 10.6. The number of ether oxygens (including phenoxy) is 1. The van der Waals surface area contributed by atoms with Crippen LogP contribution in [0, 0.1) is 11.3 Å². The van der Waals surface area contributed by atoms with E-state index < -0.39 is 17.5 Å². The van der Waals surface area contributed by atoms with Gasteiger partial charge in [0.15, 0.2) is 5.60 Å². The first-order valence-electron chi connectivity index (χ1n) is 5.84. The average molecular weight is 263 g/mol. The number of rotatable bonds is 4. The van der Waals surface area contributed by atoms with E-state index in [2.05, 4.69) is 5.16 Å². The van der Waals surface area contributed by atoms with Crippen LogP contribution in [0.3, 0.4) is 0 Å². The van der Waals surface area contributed by atoms with E-state index in [1.807, 2.05) is 0 Å². The standard InChI is InChI=1S/C12H13N3O4/c1-6(2)9-8(7(5-13)19-15-9)10(16)18-12(3-4-12)11(14)17/h6H,3-4H2,1-2H3,(H2,14,17). The number of nitriles is 1. The van der Waals surface area contributed by atoms with Crippen LogP contribution in [0.2, 0.25) is 0 Å². The minimum absolute atomic E-state index is 0.0231. The lowest BCUT2D eigenvalue weighted by Gasteiger charge is -2.12. The summed E-state index contributed by atoms with van der Waals surface area (Å²) in [6.07, 6.45) is 0.802. The highest BCUT2D eigenvalue weighted by Gasteiger charge is 2.53. The second-order valence-corrected chi connectivity index (χ2v) is 4.79. The molecule has 19 heavy (non-hydrogen) atoms. The van der Waals surface area contributed by atoms with E-state index in [0.717, 1.165) is 0 Å². The third-order valence-electron chi connectivity index (χ3n) is 3.01. The second-order valence-electron chi connectivity index (χ2n) is 4.79. The number of carbonyl (C=O) groups excluding carboxylic acids is 2. The third kappa shape index (κ3) is 2.17. The van der Waals surface area contributed by atoms with E-state index >= 15 is 0 Å². The third-order valence-corrected chi connectivity index (χ3v) is 3.01. The molecule has 0 atom stereocenters. The number of nitrogens with zero attached hydrogens (tertiary/aromatic N) is 2. The van der Waals surface area contributed by atoms with E-state index in [1.54, 1.807) is 19.9 Å². The van der Waals surface area contributed by atoms with Gasteiger partial charge < -0.3 is 15.0 Å². The van der Waals surface area contributed by atoms with Crippen LogP contribution in [-0.2, 0) is 9.53 Å². The quantitative estimate of drug-likeness (QED) is 0.804. The topological polar surface area (TPSA) is 119 Å². The first-order valence-corrected chi connectivity index (χ1v) is 5.84. The van der Waals surface area contributed by atoms with E-state index in [9.17, 15) is 9.59 Å². The summed E-state index contributed by atoms with van der Waals surface area (Å²) in [5.41, 5.74) is 4.27. The van der Waals surface area contributed by atoms with Crippen molar-refractivity contribution in [3.05, 3.63) is 17.0 Å². The van der Waals surface area contributed by atoms with Crippen molar-refractivity contribution in [2.45, 2.75) is 38.2 Å². The fourth-order valence-corrected chi connectivity index (χ4v) is 1.71. The Labute approximate surface area is 109 Å². The first-order chi connectivity index (χ1) is 8.91. The lowest BCUT2D eigenvalue weighted by atomic mass is 10.0. The Hall–Kier alpha value is -2.36. The minimum atomic E-state index is -1.23. The fourth-order valence-electron chi connectivity index (χ4n) is 1.71. The predicted octanol–water partition coefficient (Wildman–Crippen LogP) is 0.844. The Morgan fingerprint density at radius 1 is 1.53 bits per heavy atom. The molecular formula is C12H13N3O4. The van der Waals surface area contributed by atoms with Crippen LogP contribution in [0.25, 0.3) is 0 Å². The molecule has 100 valence electrons. The SMILES string of the molecule is CC(C)c1noc(C#N)c1C(=O)OC1(C(N)=O)CC1. The van der Waals surface area contributed by atoms with Gasteiger partial charge in [-0.3, -0.25) is 4.79 Å². The summed E-state index contributed by atoms with van der Waals surface area (Å²) in [4.78, 5) is 23.3. The first kappa shape index (κ1) is 13.1. The number of carbonyl (C=O) groups is 2. The van der Waals surface area contributed by atoms with Gasteiger partial charge in [0.1, 0.15) is 17.3 Å². The summed E-state index contributed by atoms with van der Waals surface area (Å²) in [6, 6.07) is 1.74. The molecule has 1 aromatic heterocycles.